The van der Waals surface area contributed by atoms with Gasteiger partial charge in [-0.3, -0.25) is 0 Å². The van der Waals surface area contributed by atoms with Crippen LogP contribution < -0.4 is 10.0 Å². The van der Waals surface area contributed by atoms with Crippen molar-refractivity contribution in [1.82, 2.24) is 9.62 Å². The second-order valence-electron chi connectivity index (χ2n) is 5.05. The van der Waals surface area contributed by atoms with E-state index in [9.17, 15) is 8.42 Å². The van der Waals surface area contributed by atoms with Crippen molar-refractivity contribution in [3.8, 4) is 0 Å². The monoisotopic (exact) mass is 297 g/mol. The van der Waals surface area contributed by atoms with Gasteiger partial charge in [0.25, 0.3) is 0 Å². The number of hydrogen-bond donors (Lipinski definition) is 2. The number of nitrogens with one attached hydrogen (secondary N) is 2. The Morgan fingerprint density at radius 1 is 1.20 bits per heavy atom. The smallest absolute Gasteiger partial charge is 0.242 e. The van der Waals surface area contributed by atoms with Crippen LogP contribution in [0.25, 0.3) is 0 Å². The van der Waals surface area contributed by atoms with Crippen molar-refractivity contribution in [2.75, 3.05) is 38.5 Å². The molecule has 5 nitrogen and oxygen atoms in total. The number of para-hydroxylation sites is 1. The Morgan fingerprint density at radius 3 is 2.60 bits per heavy atom. The molecule has 1 aromatic rings. The van der Waals surface area contributed by atoms with E-state index in [0.29, 0.717) is 17.1 Å². The van der Waals surface area contributed by atoms with Gasteiger partial charge < -0.3 is 10.2 Å². The lowest BCUT2D eigenvalue weighted by molar-refractivity contribution is 0.334. The summed E-state index contributed by atoms with van der Waals surface area (Å²) >= 11 is 0. The maximum Gasteiger partial charge on any atom is 0.242 e. The highest BCUT2D eigenvalue weighted by molar-refractivity contribution is 7.89. The first kappa shape index (κ1) is 15.3. The van der Waals surface area contributed by atoms with Gasteiger partial charge in [-0.2, -0.15) is 0 Å². The van der Waals surface area contributed by atoms with Crippen LogP contribution in [0.5, 0.6) is 0 Å². The molecule has 2 rings (SSSR count). The molecule has 1 saturated heterocycles. The van der Waals surface area contributed by atoms with E-state index < -0.39 is 10.0 Å². The Morgan fingerprint density at radius 2 is 1.90 bits per heavy atom. The summed E-state index contributed by atoms with van der Waals surface area (Å²) in [4.78, 5) is 2.69. The van der Waals surface area contributed by atoms with Crippen LogP contribution in [0.1, 0.15) is 19.3 Å². The first-order chi connectivity index (χ1) is 9.63. The molecule has 1 heterocycles. The fraction of sp³-hybridized carbons (Fsp3) is 0.571. The SMILES string of the molecule is CNc1ccccc1S(=O)(=O)NCCCN1CCCC1. The van der Waals surface area contributed by atoms with E-state index in [2.05, 4.69) is 14.9 Å². The summed E-state index contributed by atoms with van der Waals surface area (Å²) in [6, 6.07) is 6.94. The Bertz CT molecular complexity index is 525. The second-order valence-corrected chi connectivity index (χ2v) is 6.78. The third kappa shape index (κ3) is 3.94. The van der Waals surface area contributed by atoms with E-state index >= 15 is 0 Å². The second kappa shape index (κ2) is 7.06. The number of hydrogen-bond acceptors (Lipinski definition) is 4. The third-order valence-corrected chi connectivity index (χ3v) is 5.11. The molecule has 2 N–H and O–H groups in total. The van der Waals surface area contributed by atoms with Crippen molar-refractivity contribution in [3.05, 3.63) is 24.3 Å². The molecule has 1 aromatic carbocycles. The van der Waals surface area contributed by atoms with Gasteiger partial charge in [-0.15, -0.1) is 0 Å². The van der Waals surface area contributed by atoms with Crippen molar-refractivity contribution in [3.63, 3.8) is 0 Å². The summed E-state index contributed by atoms with van der Waals surface area (Å²) in [5.74, 6) is 0. The van der Waals surface area contributed by atoms with Gasteiger partial charge in [0.2, 0.25) is 10.0 Å². The highest BCUT2D eigenvalue weighted by Gasteiger charge is 2.17. The summed E-state index contributed by atoms with van der Waals surface area (Å²) in [5, 5.41) is 2.91. The Kier molecular flexibility index (Phi) is 5.39. The fourth-order valence-electron chi connectivity index (χ4n) is 2.50. The van der Waals surface area contributed by atoms with Crippen LogP contribution >= 0.6 is 0 Å². The standard InChI is InChI=1S/C14H23N3O2S/c1-15-13-7-2-3-8-14(13)20(18,19)16-9-6-12-17-10-4-5-11-17/h2-3,7-8,15-16H,4-6,9-12H2,1H3. The number of nitrogens with zero attached hydrogens (tertiary/aromatic N) is 1. The molecule has 0 radical (unpaired) electrons. The van der Waals surface area contributed by atoms with Gasteiger partial charge in [0.1, 0.15) is 4.90 Å². The largest absolute Gasteiger partial charge is 0.387 e. The molecule has 0 amide bonds. The van der Waals surface area contributed by atoms with Crippen LogP contribution in [0.4, 0.5) is 5.69 Å². The highest BCUT2D eigenvalue weighted by atomic mass is 32.2. The van der Waals surface area contributed by atoms with Gasteiger partial charge in [0, 0.05) is 13.6 Å². The van der Waals surface area contributed by atoms with Crippen LogP contribution in [0.2, 0.25) is 0 Å². The lowest BCUT2D eigenvalue weighted by Gasteiger charge is -2.15. The van der Waals surface area contributed by atoms with E-state index in [-0.39, 0.29) is 0 Å². The highest BCUT2D eigenvalue weighted by Crippen LogP contribution is 2.19. The number of anilines is 1. The zero-order chi connectivity index (χ0) is 14.4. The van der Waals surface area contributed by atoms with E-state index in [1.165, 1.54) is 12.8 Å². The predicted octanol–water partition coefficient (Wildman–Crippen LogP) is 1.49. The van der Waals surface area contributed by atoms with E-state index in [0.717, 1.165) is 26.1 Å². The van der Waals surface area contributed by atoms with Crippen LogP contribution in [-0.4, -0.2) is 46.5 Å². The van der Waals surface area contributed by atoms with Crippen molar-refractivity contribution in [1.29, 1.82) is 0 Å². The summed E-state index contributed by atoms with van der Waals surface area (Å²) in [5.41, 5.74) is 0.625. The topological polar surface area (TPSA) is 61.4 Å². The lowest BCUT2D eigenvalue weighted by Crippen LogP contribution is -2.29. The number of benzene rings is 1. The molecule has 0 aliphatic carbocycles. The molecule has 1 aliphatic heterocycles. The fourth-order valence-corrected chi connectivity index (χ4v) is 3.79. The van der Waals surface area contributed by atoms with Crippen molar-refractivity contribution < 1.29 is 8.42 Å². The summed E-state index contributed by atoms with van der Waals surface area (Å²) in [6.45, 7) is 3.75. The molecular formula is C14H23N3O2S. The molecular weight excluding hydrogens is 274 g/mol. The molecule has 20 heavy (non-hydrogen) atoms. The molecule has 6 heteroatoms. The van der Waals surface area contributed by atoms with Crippen LogP contribution in [0.3, 0.4) is 0 Å². The minimum Gasteiger partial charge on any atom is -0.387 e. The summed E-state index contributed by atoms with van der Waals surface area (Å²) < 4.78 is 27.2. The lowest BCUT2D eigenvalue weighted by atomic mass is 10.3. The molecule has 112 valence electrons. The zero-order valence-electron chi connectivity index (χ0n) is 11.9. The number of likely N-dealkylation sites (tertiary alicyclic amines) is 1. The molecule has 1 fully saturated rings. The average Bonchev–Trinajstić information content (AvgIpc) is 2.97. The summed E-state index contributed by atoms with van der Waals surface area (Å²) in [7, 11) is -1.71. The predicted molar refractivity (Wildman–Crippen MR) is 81.5 cm³/mol. The average molecular weight is 297 g/mol. The molecule has 0 aromatic heterocycles. The van der Waals surface area contributed by atoms with Crippen LogP contribution in [-0.2, 0) is 10.0 Å². The van der Waals surface area contributed by atoms with Crippen molar-refractivity contribution >= 4 is 15.7 Å². The van der Waals surface area contributed by atoms with Gasteiger partial charge in [0.05, 0.1) is 5.69 Å². The van der Waals surface area contributed by atoms with Crippen molar-refractivity contribution in [2.45, 2.75) is 24.2 Å². The molecule has 0 unspecified atom stereocenters. The maximum absolute atomic E-state index is 12.2. The minimum absolute atomic E-state index is 0.309. The van der Waals surface area contributed by atoms with Crippen LogP contribution in [0, 0.1) is 0 Å². The van der Waals surface area contributed by atoms with Gasteiger partial charge >= 0.3 is 0 Å². The summed E-state index contributed by atoms with van der Waals surface area (Å²) in [6.07, 6.45) is 3.38. The quantitative estimate of drug-likeness (QED) is 0.749. The first-order valence-corrected chi connectivity index (χ1v) is 8.60. The van der Waals surface area contributed by atoms with Gasteiger partial charge in [-0.05, 0) is 51.0 Å². The first-order valence-electron chi connectivity index (χ1n) is 7.12. The van der Waals surface area contributed by atoms with Gasteiger partial charge in [-0.1, -0.05) is 12.1 Å². The number of sulfonamides is 1. The maximum atomic E-state index is 12.2. The normalized spacial score (nSPS) is 16.4. The van der Waals surface area contributed by atoms with Crippen LogP contribution in [0.15, 0.2) is 29.2 Å². The molecule has 0 saturated carbocycles. The molecule has 0 spiro atoms. The molecule has 0 bridgehead atoms. The van der Waals surface area contributed by atoms with Gasteiger partial charge in [0.15, 0.2) is 0 Å². The van der Waals surface area contributed by atoms with E-state index in [1.54, 1.807) is 25.2 Å². The van der Waals surface area contributed by atoms with E-state index in [1.807, 2.05) is 6.07 Å². The van der Waals surface area contributed by atoms with Gasteiger partial charge in [-0.25, -0.2) is 13.1 Å². The third-order valence-electron chi connectivity index (χ3n) is 3.59. The van der Waals surface area contributed by atoms with Crippen molar-refractivity contribution in [2.24, 2.45) is 0 Å². The Balaban J connectivity index is 1.87. The zero-order valence-corrected chi connectivity index (χ0v) is 12.7. The minimum atomic E-state index is -3.43. The van der Waals surface area contributed by atoms with E-state index in [4.69, 9.17) is 0 Å². The molecule has 0 atom stereocenters. The molecule has 1 aliphatic rings. The Labute approximate surface area is 121 Å². The Hall–Kier alpha value is -1.11. The number of rotatable bonds is 7.